The van der Waals surface area contributed by atoms with Crippen LogP contribution in [0.5, 0.6) is 5.75 Å². The summed E-state index contributed by atoms with van der Waals surface area (Å²) in [5.41, 5.74) is 1.69. The van der Waals surface area contributed by atoms with Crippen LogP contribution in [0.2, 0.25) is 0 Å². The molecule has 3 rings (SSSR count). The summed E-state index contributed by atoms with van der Waals surface area (Å²) in [6, 6.07) is 15.2. The van der Waals surface area contributed by atoms with Gasteiger partial charge in [-0.2, -0.15) is 0 Å². The van der Waals surface area contributed by atoms with Gasteiger partial charge in [0.2, 0.25) is 11.1 Å². The van der Waals surface area contributed by atoms with Crippen molar-refractivity contribution in [2.24, 2.45) is 0 Å². The van der Waals surface area contributed by atoms with E-state index in [-0.39, 0.29) is 11.7 Å². The van der Waals surface area contributed by atoms with E-state index in [9.17, 15) is 4.79 Å². The lowest BCUT2D eigenvalue weighted by Gasteiger charge is -2.04. The van der Waals surface area contributed by atoms with Crippen LogP contribution in [-0.4, -0.2) is 34.0 Å². The standard InChI is InChI=1S/C17H15IN4O2S/c1-24-14-7-5-11(6-8-14)16-20-17(22-21-16)25-10-15(23)19-13-4-2-3-12(18)9-13/h2-9H,10H2,1H3,(H,19,23)(H,20,21,22). The quantitative estimate of drug-likeness (QED) is 0.427. The molecule has 1 heterocycles. The zero-order valence-electron chi connectivity index (χ0n) is 13.3. The summed E-state index contributed by atoms with van der Waals surface area (Å²) in [7, 11) is 1.62. The summed E-state index contributed by atoms with van der Waals surface area (Å²) in [5, 5.41) is 10.4. The predicted molar refractivity (Wildman–Crippen MR) is 107 cm³/mol. The van der Waals surface area contributed by atoms with Gasteiger partial charge in [-0.3, -0.25) is 9.89 Å². The number of H-pyrrole nitrogens is 1. The molecule has 128 valence electrons. The third kappa shape index (κ3) is 4.95. The molecule has 0 aliphatic heterocycles. The van der Waals surface area contributed by atoms with Crippen LogP contribution in [0.1, 0.15) is 0 Å². The Labute approximate surface area is 162 Å². The lowest BCUT2D eigenvalue weighted by Crippen LogP contribution is -2.14. The largest absolute Gasteiger partial charge is 0.497 e. The lowest BCUT2D eigenvalue weighted by molar-refractivity contribution is -0.113. The first-order chi connectivity index (χ1) is 12.1. The Hall–Kier alpha value is -2.07. The van der Waals surface area contributed by atoms with Gasteiger partial charge >= 0.3 is 0 Å². The molecule has 3 aromatic rings. The molecule has 2 N–H and O–H groups in total. The van der Waals surface area contributed by atoms with Crippen LogP contribution in [0.4, 0.5) is 5.69 Å². The monoisotopic (exact) mass is 466 g/mol. The van der Waals surface area contributed by atoms with E-state index in [0.29, 0.717) is 11.0 Å². The number of carbonyl (C=O) groups is 1. The topological polar surface area (TPSA) is 79.9 Å². The number of carbonyl (C=O) groups excluding carboxylic acids is 1. The Morgan fingerprint density at radius 2 is 2.08 bits per heavy atom. The SMILES string of the molecule is COc1ccc(-c2nc(SCC(=O)Nc3cccc(I)c3)n[nH]2)cc1. The van der Waals surface area contributed by atoms with Crippen LogP contribution in [-0.2, 0) is 4.79 Å². The van der Waals surface area contributed by atoms with Crippen molar-refractivity contribution in [3.05, 3.63) is 52.1 Å². The smallest absolute Gasteiger partial charge is 0.234 e. The fourth-order valence-electron chi connectivity index (χ4n) is 2.08. The molecule has 0 spiro atoms. The predicted octanol–water partition coefficient (Wildman–Crippen LogP) is 3.82. The highest BCUT2D eigenvalue weighted by molar-refractivity contribution is 14.1. The van der Waals surface area contributed by atoms with Crippen LogP contribution >= 0.6 is 34.4 Å². The summed E-state index contributed by atoms with van der Waals surface area (Å²) >= 11 is 3.49. The van der Waals surface area contributed by atoms with Gasteiger partial charge in [0.1, 0.15) is 5.75 Å². The average Bonchev–Trinajstić information content (AvgIpc) is 3.09. The maximum absolute atomic E-state index is 12.0. The van der Waals surface area contributed by atoms with Crippen molar-refractivity contribution in [2.45, 2.75) is 5.16 Å². The molecule has 0 aliphatic carbocycles. The summed E-state index contributed by atoms with van der Waals surface area (Å²) in [5.74, 6) is 1.59. The highest BCUT2D eigenvalue weighted by Gasteiger charge is 2.09. The van der Waals surface area contributed by atoms with Gasteiger partial charge in [0.25, 0.3) is 0 Å². The minimum Gasteiger partial charge on any atom is -0.497 e. The molecule has 0 saturated carbocycles. The van der Waals surface area contributed by atoms with Gasteiger partial charge in [0, 0.05) is 14.8 Å². The number of nitrogens with one attached hydrogen (secondary N) is 2. The second kappa shape index (κ2) is 8.34. The van der Waals surface area contributed by atoms with Gasteiger partial charge in [0.15, 0.2) is 5.82 Å². The Kier molecular flexibility index (Phi) is 5.92. The number of ether oxygens (including phenoxy) is 1. The fourth-order valence-corrected chi connectivity index (χ4v) is 3.22. The first-order valence-electron chi connectivity index (χ1n) is 7.39. The van der Waals surface area contributed by atoms with Crippen molar-refractivity contribution in [1.29, 1.82) is 0 Å². The molecule has 8 heteroatoms. The molecule has 2 aromatic carbocycles. The number of hydrogen-bond acceptors (Lipinski definition) is 5. The van der Waals surface area contributed by atoms with E-state index in [2.05, 4.69) is 43.1 Å². The van der Waals surface area contributed by atoms with E-state index in [1.807, 2.05) is 48.5 Å². The molecule has 0 aliphatic rings. The number of thioether (sulfide) groups is 1. The lowest BCUT2D eigenvalue weighted by atomic mass is 10.2. The molecular formula is C17H15IN4O2S. The molecule has 6 nitrogen and oxygen atoms in total. The van der Waals surface area contributed by atoms with E-state index in [4.69, 9.17) is 4.74 Å². The first-order valence-corrected chi connectivity index (χ1v) is 9.45. The summed E-state index contributed by atoms with van der Waals surface area (Å²) in [4.78, 5) is 16.4. The highest BCUT2D eigenvalue weighted by Crippen LogP contribution is 2.22. The molecule has 0 saturated heterocycles. The van der Waals surface area contributed by atoms with E-state index >= 15 is 0 Å². The minimum atomic E-state index is -0.0946. The highest BCUT2D eigenvalue weighted by atomic mass is 127. The molecule has 0 unspecified atom stereocenters. The van der Waals surface area contributed by atoms with Crippen molar-refractivity contribution < 1.29 is 9.53 Å². The number of rotatable bonds is 6. The van der Waals surface area contributed by atoms with E-state index in [0.717, 1.165) is 20.6 Å². The van der Waals surface area contributed by atoms with Crippen LogP contribution < -0.4 is 10.1 Å². The molecule has 0 bridgehead atoms. The molecule has 25 heavy (non-hydrogen) atoms. The number of aromatic amines is 1. The molecule has 0 radical (unpaired) electrons. The van der Waals surface area contributed by atoms with Gasteiger partial charge in [-0.05, 0) is 65.1 Å². The Bertz CT molecular complexity index is 867. The summed E-state index contributed by atoms with van der Waals surface area (Å²) in [6.45, 7) is 0. The zero-order valence-corrected chi connectivity index (χ0v) is 16.3. The third-order valence-corrected chi connectivity index (χ3v) is 4.79. The van der Waals surface area contributed by atoms with Crippen molar-refractivity contribution in [1.82, 2.24) is 15.2 Å². The second-order valence-electron chi connectivity index (χ2n) is 5.04. The van der Waals surface area contributed by atoms with Gasteiger partial charge in [-0.25, -0.2) is 4.98 Å². The Morgan fingerprint density at radius 3 is 2.80 bits per heavy atom. The Morgan fingerprint density at radius 1 is 1.28 bits per heavy atom. The second-order valence-corrected chi connectivity index (χ2v) is 7.23. The van der Waals surface area contributed by atoms with Gasteiger partial charge in [0.05, 0.1) is 12.9 Å². The maximum Gasteiger partial charge on any atom is 0.234 e. The number of anilines is 1. The van der Waals surface area contributed by atoms with Gasteiger partial charge < -0.3 is 10.1 Å². The first kappa shape index (κ1) is 17.7. The third-order valence-electron chi connectivity index (χ3n) is 3.27. The molecule has 0 fully saturated rings. The van der Waals surface area contributed by atoms with Crippen LogP contribution in [0.15, 0.2) is 53.7 Å². The van der Waals surface area contributed by atoms with Gasteiger partial charge in [-0.1, -0.05) is 17.8 Å². The molecule has 1 amide bonds. The zero-order chi connectivity index (χ0) is 17.6. The van der Waals surface area contributed by atoms with Crippen molar-refractivity contribution in [2.75, 3.05) is 18.2 Å². The van der Waals surface area contributed by atoms with E-state index < -0.39 is 0 Å². The average molecular weight is 466 g/mol. The number of amides is 1. The van der Waals surface area contributed by atoms with E-state index in [1.165, 1.54) is 11.8 Å². The number of halogens is 1. The van der Waals surface area contributed by atoms with Crippen LogP contribution in [0.25, 0.3) is 11.4 Å². The van der Waals surface area contributed by atoms with Crippen LogP contribution in [0, 0.1) is 3.57 Å². The van der Waals surface area contributed by atoms with Crippen molar-refractivity contribution in [3.63, 3.8) is 0 Å². The molecular weight excluding hydrogens is 451 g/mol. The number of methoxy groups -OCH3 is 1. The number of hydrogen-bond donors (Lipinski definition) is 2. The van der Waals surface area contributed by atoms with Crippen molar-refractivity contribution in [3.8, 4) is 17.1 Å². The normalized spacial score (nSPS) is 10.5. The summed E-state index contributed by atoms with van der Waals surface area (Å²) < 4.78 is 6.21. The van der Waals surface area contributed by atoms with Gasteiger partial charge in [-0.15, -0.1) is 5.10 Å². The number of aromatic nitrogens is 3. The van der Waals surface area contributed by atoms with Crippen molar-refractivity contribution >= 4 is 45.9 Å². The number of nitrogens with zero attached hydrogens (tertiary/aromatic N) is 2. The van der Waals surface area contributed by atoms with Crippen LogP contribution in [0.3, 0.4) is 0 Å². The van der Waals surface area contributed by atoms with E-state index in [1.54, 1.807) is 7.11 Å². The maximum atomic E-state index is 12.0. The molecule has 0 atom stereocenters. The minimum absolute atomic E-state index is 0.0946. The molecule has 1 aromatic heterocycles. The Balaban J connectivity index is 1.56. The summed E-state index contributed by atoms with van der Waals surface area (Å²) in [6.07, 6.45) is 0. The number of benzene rings is 2. The fraction of sp³-hybridized carbons (Fsp3) is 0.118.